The topological polar surface area (TPSA) is 87.1 Å². The molecule has 1 unspecified atom stereocenters. The van der Waals surface area contributed by atoms with Gasteiger partial charge in [0.15, 0.2) is 0 Å². The van der Waals surface area contributed by atoms with E-state index in [1.54, 1.807) is 6.07 Å². The summed E-state index contributed by atoms with van der Waals surface area (Å²) in [6, 6.07) is 14.6. The van der Waals surface area contributed by atoms with E-state index in [4.69, 9.17) is 0 Å². The van der Waals surface area contributed by atoms with E-state index in [0.29, 0.717) is 12.1 Å². The molecule has 0 aliphatic heterocycles. The second-order valence-corrected chi connectivity index (χ2v) is 7.01. The molecule has 0 aliphatic carbocycles. The van der Waals surface area contributed by atoms with Gasteiger partial charge in [-0.05, 0) is 29.2 Å². The molecular weight excluding hydrogens is 409 g/mol. The zero-order valence-electron chi connectivity index (χ0n) is 16.6. The highest BCUT2D eigenvalue weighted by molar-refractivity contribution is 5.92. The highest BCUT2D eigenvalue weighted by Gasteiger charge is 2.30. The third kappa shape index (κ3) is 5.94. The van der Waals surface area contributed by atoms with E-state index >= 15 is 0 Å². The van der Waals surface area contributed by atoms with Crippen LogP contribution in [0.4, 0.5) is 24.9 Å². The van der Waals surface area contributed by atoms with Crippen LogP contribution >= 0.6 is 0 Å². The van der Waals surface area contributed by atoms with Crippen LogP contribution in [0.25, 0.3) is 0 Å². The second kappa shape index (κ2) is 9.46. The lowest BCUT2D eigenvalue weighted by Gasteiger charge is -2.15. The summed E-state index contributed by atoms with van der Waals surface area (Å²) in [5, 5.41) is 15.3. The minimum absolute atomic E-state index is 0.0518. The maximum absolute atomic E-state index is 12.9. The van der Waals surface area contributed by atoms with Gasteiger partial charge in [-0.2, -0.15) is 18.2 Å². The molecule has 1 aromatic heterocycles. The van der Waals surface area contributed by atoms with Crippen molar-refractivity contribution in [1.82, 2.24) is 9.97 Å². The van der Waals surface area contributed by atoms with Crippen molar-refractivity contribution in [3.63, 3.8) is 0 Å². The van der Waals surface area contributed by atoms with Crippen molar-refractivity contribution in [2.45, 2.75) is 25.6 Å². The normalized spacial score (nSPS) is 12.3. The summed E-state index contributed by atoms with van der Waals surface area (Å²) in [4.78, 5) is 19.7. The number of anilines is 2. The quantitative estimate of drug-likeness (QED) is 0.465. The lowest BCUT2D eigenvalue weighted by atomic mass is 10.0. The summed E-state index contributed by atoms with van der Waals surface area (Å²) in [6.07, 6.45) is -3.26. The molecule has 6 nitrogen and oxygen atoms in total. The van der Waals surface area contributed by atoms with Crippen molar-refractivity contribution >= 4 is 17.7 Å². The number of benzene rings is 2. The number of nitrogens with zero attached hydrogens (tertiary/aromatic N) is 2. The molecule has 0 fully saturated rings. The smallest absolute Gasteiger partial charge is 0.416 e. The SMILES string of the molecule is CC(CNc1nc(NCc2cccc(C(F)(F)F)c2)ncc1C(=O)O)c1ccccc1. The minimum Gasteiger partial charge on any atom is -0.477 e. The summed E-state index contributed by atoms with van der Waals surface area (Å²) < 4.78 is 38.6. The fourth-order valence-corrected chi connectivity index (χ4v) is 2.95. The monoisotopic (exact) mass is 430 g/mol. The molecular formula is C22H21F3N4O2. The van der Waals surface area contributed by atoms with Gasteiger partial charge in [0.1, 0.15) is 11.4 Å². The van der Waals surface area contributed by atoms with Crippen molar-refractivity contribution in [1.29, 1.82) is 0 Å². The van der Waals surface area contributed by atoms with Gasteiger partial charge in [0.2, 0.25) is 5.95 Å². The number of alkyl halides is 3. The third-order valence-corrected chi connectivity index (χ3v) is 4.67. The van der Waals surface area contributed by atoms with Crippen molar-refractivity contribution in [3.05, 3.63) is 83.0 Å². The number of carboxylic acids is 1. The van der Waals surface area contributed by atoms with Crippen molar-refractivity contribution in [2.75, 3.05) is 17.2 Å². The molecule has 0 aliphatic rings. The van der Waals surface area contributed by atoms with Crippen LogP contribution in [0.2, 0.25) is 0 Å². The molecule has 31 heavy (non-hydrogen) atoms. The van der Waals surface area contributed by atoms with E-state index in [1.807, 2.05) is 37.3 Å². The average molecular weight is 430 g/mol. The number of hydrogen-bond donors (Lipinski definition) is 3. The Kier molecular flexibility index (Phi) is 6.74. The van der Waals surface area contributed by atoms with Crippen LogP contribution in [0.3, 0.4) is 0 Å². The first-order valence-electron chi connectivity index (χ1n) is 9.53. The number of aromatic nitrogens is 2. The number of halogens is 3. The van der Waals surface area contributed by atoms with E-state index < -0.39 is 17.7 Å². The fraction of sp³-hybridized carbons (Fsp3) is 0.227. The number of carbonyl (C=O) groups is 1. The first kappa shape index (κ1) is 22.1. The Labute approximate surface area is 177 Å². The highest BCUT2D eigenvalue weighted by Crippen LogP contribution is 2.29. The molecule has 0 saturated carbocycles. The Hall–Kier alpha value is -3.62. The maximum atomic E-state index is 12.9. The Bertz CT molecular complexity index is 1040. The average Bonchev–Trinajstić information content (AvgIpc) is 2.76. The summed E-state index contributed by atoms with van der Waals surface area (Å²) in [5.41, 5.74) is 0.646. The Morgan fingerprint density at radius 3 is 2.52 bits per heavy atom. The molecule has 0 saturated heterocycles. The van der Waals surface area contributed by atoms with E-state index in [1.165, 1.54) is 12.3 Å². The first-order chi connectivity index (χ1) is 14.7. The zero-order valence-corrected chi connectivity index (χ0v) is 16.6. The highest BCUT2D eigenvalue weighted by atomic mass is 19.4. The minimum atomic E-state index is -4.43. The van der Waals surface area contributed by atoms with Gasteiger partial charge in [-0.25, -0.2) is 9.78 Å². The van der Waals surface area contributed by atoms with Gasteiger partial charge in [-0.15, -0.1) is 0 Å². The summed E-state index contributed by atoms with van der Waals surface area (Å²) >= 11 is 0. The molecule has 3 aromatic rings. The zero-order chi connectivity index (χ0) is 22.4. The Balaban J connectivity index is 1.72. The molecule has 3 rings (SSSR count). The predicted octanol–water partition coefficient (Wildman–Crippen LogP) is 5.02. The number of nitrogens with one attached hydrogen (secondary N) is 2. The van der Waals surface area contributed by atoms with Crippen LogP contribution in [-0.2, 0) is 12.7 Å². The molecule has 3 N–H and O–H groups in total. The fourth-order valence-electron chi connectivity index (χ4n) is 2.95. The van der Waals surface area contributed by atoms with Crippen molar-refractivity contribution in [3.8, 4) is 0 Å². The predicted molar refractivity (Wildman–Crippen MR) is 111 cm³/mol. The van der Waals surface area contributed by atoms with Gasteiger partial charge in [0, 0.05) is 19.3 Å². The molecule has 0 radical (unpaired) electrons. The lowest BCUT2D eigenvalue weighted by Crippen LogP contribution is -2.16. The van der Waals surface area contributed by atoms with E-state index in [9.17, 15) is 23.1 Å². The Morgan fingerprint density at radius 2 is 1.84 bits per heavy atom. The van der Waals surface area contributed by atoms with E-state index in [-0.39, 0.29) is 29.8 Å². The Morgan fingerprint density at radius 1 is 1.10 bits per heavy atom. The van der Waals surface area contributed by atoms with Crippen LogP contribution in [0.1, 0.15) is 39.9 Å². The van der Waals surface area contributed by atoms with Crippen LogP contribution < -0.4 is 10.6 Å². The number of hydrogen-bond acceptors (Lipinski definition) is 5. The summed E-state index contributed by atoms with van der Waals surface area (Å²) in [6.45, 7) is 2.49. The van der Waals surface area contributed by atoms with Crippen LogP contribution in [0.5, 0.6) is 0 Å². The van der Waals surface area contributed by atoms with Crippen LogP contribution in [-0.4, -0.2) is 27.6 Å². The van der Waals surface area contributed by atoms with Gasteiger partial charge in [0.25, 0.3) is 0 Å². The van der Waals surface area contributed by atoms with Gasteiger partial charge in [-0.3, -0.25) is 0 Å². The molecule has 0 spiro atoms. The number of rotatable bonds is 8. The molecule has 0 bridgehead atoms. The number of aromatic carboxylic acids is 1. The standard InChI is InChI=1S/C22H21F3N4O2/c1-14(16-7-3-2-4-8-16)11-26-19-18(20(30)31)13-28-21(29-19)27-12-15-6-5-9-17(10-15)22(23,24)25/h2-10,13-14H,11-12H2,1H3,(H,30,31)(H2,26,27,28,29). The number of carboxylic acid groups (broad SMARTS) is 1. The lowest BCUT2D eigenvalue weighted by molar-refractivity contribution is -0.137. The maximum Gasteiger partial charge on any atom is 0.416 e. The molecule has 2 aromatic carbocycles. The van der Waals surface area contributed by atoms with E-state index in [0.717, 1.165) is 17.7 Å². The molecule has 162 valence electrons. The summed E-state index contributed by atoms with van der Waals surface area (Å²) in [7, 11) is 0. The second-order valence-electron chi connectivity index (χ2n) is 7.01. The first-order valence-corrected chi connectivity index (χ1v) is 9.53. The van der Waals surface area contributed by atoms with Gasteiger partial charge in [0.05, 0.1) is 5.56 Å². The molecule has 0 amide bonds. The van der Waals surface area contributed by atoms with Crippen molar-refractivity contribution < 1.29 is 23.1 Å². The van der Waals surface area contributed by atoms with Crippen LogP contribution in [0.15, 0.2) is 60.8 Å². The molecule has 9 heteroatoms. The van der Waals surface area contributed by atoms with Gasteiger partial charge < -0.3 is 15.7 Å². The largest absolute Gasteiger partial charge is 0.477 e. The van der Waals surface area contributed by atoms with Crippen LogP contribution in [0, 0.1) is 0 Å². The summed E-state index contributed by atoms with van der Waals surface area (Å²) in [5.74, 6) is -0.840. The third-order valence-electron chi connectivity index (χ3n) is 4.67. The van der Waals surface area contributed by atoms with E-state index in [2.05, 4.69) is 20.6 Å². The van der Waals surface area contributed by atoms with Crippen molar-refractivity contribution in [2.24, 2.45) is 0 Å². The molecule has 1 atom stereocenters. The molecule has 1 heterocycles. The van der Waals surface area contributed by atoms with Gasteiger partial charge in [-0.1, -0.05) is 49.4 Å². The van der Waals surface area contributed by atoms with Gasteiger partial charge >= 0.3 is 12.1 Å².